The maximum atomic E-state index is 11.1. The maximum absolute atomic E-state index is 11.1. The smallest absolute Gasteiger partial charge is 0.264 e. The molecule has 92 valence electrons. The van der Waals surface area contributed by atoms with E-state index in [2.05, 4.69) is 15.1 Å². The second-order valence-electron chi connectivity index (χ2n) is 5.23. The number of aromatic amines is 1. The quantitative estimate of drug-likeness (QED) is 0.806. The van der Waals surface area contributed by atoms with Gasteiger partial charge in [-0.05, 0) is 37.7 Å². The molecule has 0 radical (unpaired) electrons. The first-order valence-corrected chi connectivity index (χ1v) is 6.67. The van der Waals surface area contributed by atoms with Crippen LogP contribution in [0.3, 0.4) is 0 Å². The lowest BCUT2D eigenvalue weighted by molar-refractivity contribution is 0.242. The average Bonchev–Trinajstić information content (AvgIpc) is 2.39. The van der Waals surface area contributed by atoms with Crippen LogP contribution in [0, 0.1) is 5.92 Å². The van der Waals surface area contributed by atoms with E-state index in [0.717, 1.165) is 18.3 Å². The second kappa shape index (κ2) is 4.51. The van der Waals surface area contributed by atoms with Crippen LogP contribution in [0.4, 0.5) is 5.82 Å². The molecule has 2 aliphatic rings. The van der Waals surface area contributed by atoms with Crippen LogP contribution in [-0.4, -0.2) is 22.8 Å². The summed E-state index contributed by atoms with van der Waals surface area (Å²) >= 11 is 0. The second-order valence-corrected chi connectivity index (χ2v) is 5.23. The Labute approximate surface area is 101 Å². The molecule has 4 nitrogen and oxygen atoms in total. The first-order chi connectivity index (χ1) is 8.34. The first-order valence-electron chi connectivity index (χ1n) is 6.67. The van der Waals surface area contributed by atoms with Gasteiger partial charge in [-0.1, -0.05) is 12.8 Å². The summed E-state index contributed by atoms with van der Waals surface area (Å²) < 4.78 is 0. The minimum absolute atomic E-state index is 0.119. The van der Waals surface area contributed by atoms with E-state index in [1.165, 1.54) is 38.5 Å². The lowest BCUT2D eigenvalue weighted by Crippen LogP contribution is -2.47. The van der Waals surface area contributed by atoms with Crippen molar-refractivity contribution >= 4 is 5.82 Å². The lowest BCUT2D eigenvalue weighted by Gasteiger charge is -2.44. The van der Waals surface area contributed by atoms with Crippen molar-refractivity contribution in [3.8, 4) is 0 Å². The number of piperidine rings is 1. The summed E-state index contributed by atoms with van der Waals surface area (Å²) in [6.45, 7) is 1.08. The summed E-state index contributed by atoms with van der Waals surface area (Å²) in [5.74, 6) is 1.78. The molecule has 4 heteroatoms. The van der Waals surface area contributed by atoms with Gasteiger partial charge in [0.25, 0.3) is 5.56 Å². The van der Waals surface area contributed by atoms with Gasteiger partial charge in [0, 0.05) is 18.7 Å². The minimum atomic E-state index is -0.119. The van der Waals surface area contributed by atoms with Crippen LogP contribution in [0.1, 0.15) is 38.5 Å². The molecule has 2 heterocycles. The van der Waals surface area contributed by atoms with E-state index in [9.17, 15) is 4.79 Å². The summed E-state index contributed by atoms with van der Waals surface area (Å²) in [6.07, 6.45) is 7.98. The predicted molar refractivity (Wildman–Crippen MR) is 67.2 cm³/mol. The van der Waals surface area contributed by atoms with Gasteiger partial charge < -0.3 is 4.90 Å². The Morgan fingerprint density at radius 1 is 1.18 bits per heavy atom. The number of nitrogens with one attached hydrogen (secondary N) is 1. The standard InChI is InChI=1S/C13H19N3O/c17-13-8-7-12(14-15-13)16-9-3-5-10-4-1-2-6-11(10)16/h7-8,10-11H,1-6,9H2,(H,15,17)/t10-,11-/m0/s1. The van der Waals surface area contributed by atoms with Crippen LogP contribution in [0.2, 0.25) is 0 Å². The van der Waals surface area contributed by atoms with Crippen molar-refractivity contribution < 1.29 is 0 Å². The van der Waals surface area contributed by atoms with Crippen molar-refractivity contribution in [3.05, 3.63) is 22.5 Å². The number of hydrogen-bond acceptors (Lipinski definition) is 3. The Bertz CT molecular complexity index is 420. The number of hydrogen-bond donors (Lipinski definition) is 1. The molecule has 0 amide bonds. The fraction of sp³-hybridized carbons (Fsp3) is 0.692. The van der Waals surface area contributed by atoms with Crippen molar-refractivity contribution in [2.45, 2.75) is 44.6 Å². The molecule has 0 spiro atoms. The number of nitrogens with zero attached hydrogens (tertiary/aromatic N) is 2. The van der Waals surface area contributed by atoms with Crippen molar-refractivity contribution in [1.82, 2.24) is 10.2 Å². The summed E-state index contributed by atoms with van der Waals surface area (Å²) in [6, 6.07) is 4.08. The van der Waals surface area contributed by atoms with Gasteiger partial charge in [-0.15, -0.1) is 0 Å². The summed E-state index contributed by atoms with van der Waals surface area (Å²) in [4.78, 5) is 13.5. The molecule has 1 N–H and O–H groups in total. The summed E-state index contributed by atoms with van der Waals surface area (Å²) in [7, 11) is 0. The van der Waals surface area contributed by atoms with Gasteiger partial charge in [-0.3, -0.25) is 4.79 Å². The molecular weight excluding hydrogens is 214 g/mol. The van der Waals surface area contributed by atoms with Gasteiger partial charge in [0.15, 0.2) is 0 Å². The maximum Gasteiger partial charge on any atom is 0.264 e. The highest BCUT2D eigenvalue weighted by Gasteiger charge is 2.33. The number of aromatic nitrogens is 2. The molecule has 2 fully saturated rings. The normalized spacial score (nSPS) is 28.8. The third-order valence-corrected chi connectivity index (χ3v) is 4.20. The van der Waals surface area contributed by atoms with Crippen molar-refractivity contribution in [3.63, 3.8) is 0 Å². The molecule has 17 heavy (non-hydrogen) atoms. The van der Waals surface area contributed by atoms with E-state index in [1.807, 2.05) is 6.07 Å². The highest BCUT2D eigenvalue weighted by molar-refractivity contribution is 5.39. The molecule has 3 rings (SSSR count). The zero-order valence-corrected chi connectivity index (χ0v) is 10.1. The summed E-state index contributed by atoms with van der Waals surface area (Å²) in [5, 5.41) is 6.73. The Hall–Kier alpha value is -1.32. The van der Waals surface area contributed by atoms with Gasteiger partial charge >= 0.3 is 0 Å². The van der Waals surface area contributed by atoms with E-state index >= 15 is 0 Å². The molecule has 0 aromatic carbocycles. The number of anilines is 1. The van der Waals surface area contributed by atoms with Crippen LogP contribution >= 0.6 is 0 Å². The van der Waals surface area contributed by atoms with Gasteiger partial charge in [0.2, 0.25) is 0 Å². The number of H-pyrrole nitrogens is 1. The van der Waals surface area contributed by atoms with Crippen molar-refractivity contribution in [2.75, 3.05) is 11.4 Å². The van der Waals surface area contributed by atoms with E-state index in [-0.39, 0.29) is 5.56 Å². The molecule has 2 atom stereocenters. The van der Waals surface area contributed by atoms with E-state index in [1.54, 1.807) is 6.07 Å². The monoisotopic (exact) mass is 233 g/mol. The zero-order chi connectivity index (χ0) is 11.7. The predicted octanol–water partition coefficient (Wildman–Crippen LogP) is 1.93. The Morgan fingerprint density at radius 2 is 2.00 bits per heavy atom. The van der Waals surface area contributed by atoms with Crippen molar-refractivity contribution in [2.24, 2.45) is 5.92 Å². The number of fused-ring (bicyclic) bond motifs is 1. The van der Waals surface area contributed by atoms with Crippen LogP contribution in [0.15, 0.2) is 16.9 Å². The molecular formula is C13H19N3O. The van der Waals surface area contributed by atoms with Gasteiger partial charge in [0.05, 0.1) is 0 Å². The first kappa shape index (κ1) is 10.8. The largest absolute Gasteiger partial charge is 0.352 e. The van der Waals surface area contributed by atoms with Crippen molar-refractivity contribution in [1.29, 1.82) is 0 Å². The van der Waals surface area contributed by atoms with Crippen LogP contribution in [-0.2, 0) is 0 Å². The fourth-order valence-electron chi connectivity index (χ4n) is 3.41. The van der Waals surface area contributed by atoms with E-state index in [0.29, 0.717) is 6.04 Å². The number of rotatable bonds is 1. The zero-order valence-electron chi connectivity index (χ0n) is 10.1. The Balaban J connectivity index is 1.85. The molecule has 1 aromatic rings. The molecule has 0 unspecified atom stereocenters. The molecule has 1 aliphatic carbocycles. The lowest BCUT2D eigenvalue weighted by atomic mass is 9.78. The molecule has 1 aliphatic heterocycles. The highest BCUT2D eigenvalue weighted by atomic mass is 16.1. The summed E-state index contributed by atoms with van der Waals surface area (Å²) in [5.41, 5.74) is -0.119. The van der Waals surface area contributed by atoms with Gasteiger partial charge in [-0.2, -0.15) is 5.10 Å². The Kier molecular flexibility index (Phi) is 2.87. The third-order valence-electron chi connectivity index (χ3n) is 4.20. The van der Waals surface area contributed by atoms with Crippen LogP contribution in [0.5, 0.6) is 0 Å². The topological polar surface area (TPSA) is 49.0 Å². The molecule has 1 saturated heterocycles. The van der Waals surface area contributed by atoms with Gasteiger partial charge in [0.1, 0.15) is 5.82 Å². The van der Waals surface area contributed by atoms with Crippen LogP contribution < -0.4 is 10.5 Å². The van der Waals surface area contributed by atoms with E-state index < -0.39 is 0 Å². The van der Waals surface area contributed by atoms with Gasteiger partial charge in [-0.25, -0.2) is 5.10 Å². The van der Waals surface area contributed by atoms with Crippen LogP contribution in [0.25, 0.3) is 0 Å². The Morgan fingerprint density at radius 3 is 2.82 bits per heavy atom. The third kappa shape index (κ3) is 2.08. The molecule has 1 saturated carbocycles. The molecule has 1 aromatic heterocycles. The average molecular weight is 233 g/mol. The SMILES string of the molecule is O=c1ccc(N2CCC[C@@H]3CCCC[C@@H]32)n[nH]1. The fourth-order valence-corrected chi connectivity index (χ4v) is 3.41. The highest BCUT2D eigenvalue weighted by Crippen LogP contribution is 2.36. The molecule has 0 bridgehead atoms. The van der Waals surface area contributed by atoms with E-state index in [4.69, 9.17) is 0 Å². The minimum Gasteiger partial charge on any atom is -0.352 e.